The van der Waals surface area contributed by atoms with Gasteiger partial charge >= 0.3 is 0 Å². The molecule has 1 aromatic carbocycles. The summed E-state index contributed by atoms with van der Waals surface area (Å²) in [7, 11) is -3.59. The van der Waals surface area contributed by atoms with Crippen molar-refractivity contribution in [1.82, 2.24) is 4.72 Å². The second kappa shape index (κ2) is 6.43. The summed E-state index contributed by atoms with van der Waals surface area (Å²) >= 11 is 0. The molecular weight excluding hydrogens is 288 g/mol. The summed E-state index contributed by atoms with van der Waals surface area (Å²) in [5.41, 5.74) is 7.59. The third-order valence-electron chi connectivity index (χ3n) is 3.31. The first-order valence-corrected chi connectivity index (χ1v) is 8.31. The van der Waals surface area contributed by atoms with E-state index in [9.17, 15) is 8.42 Å². The summed E-state index contributed by atoms with van der Waals surface area (Å²) in [4.78, 5) is 0.146. The van der Waals surface area contributed by atoms with Crippen LogP contribution in [0.4, 0.5) is 0 Å². The molecule has 0 aliphatic heterocycles. The zero-order chi connectivity index (χ0) is 15.5. The van der Waals surface area contributed by atoms with Crippen LogP contribution in [0.3, 0.4) is 0 Å². The first-order valence-electron chi connectivity index (χ1n) is 6.83. The van der Waals surface area contributed by atoms with E-state index < -0.39 is 10.0 Å². The molecule has 0 unspecified atom stereocenters. The molecule has 0 saturated carbocycles. The van der Waals surface area contributed by atoms with Crippen LogP contribution >= 0.6 is 0 Å². The Morgan fingerprint density at radius 2 is 1.81 bits per heavy atom. The monoisotopic (exact) mass is 308 g/mol. The van der Waals surface area contributed by atoms with Gasteiger partial charge in [-0.3, -0.25) is 0 Å². The van der Waals surface area contributed by atoms with Gasteiger partial charge in [0.15, 0.2) is 0 Å². The van der Waals surface area contributed by atoms with Crippen LogP contribution < -0.4 is 10.5 Å². The minimum atomic E-state index is -3.59. The molecule has 0 atom stereocenters. The summed E-state index contributed by atoms with van der Waals surface area (Å²) in [6.07, 6.45) is 0.960. The van der Waals surface area contributed by atoms with Gasteiger partial charge in [0.1, 0.15) is 16.4 Å². The molecule has 0 fully saturated rings. The van der Waals surface area contributed by atoms with E-state index in [1.165, 1.54) is 11.6 Å². The summed E-state index contributed by atoms with van der Waals surface area (Å²) in [5, 5.41) is 0. The normalized spacial score (nSPS) is 11.8. The van der Waals surface area contributed by atoms with Crippen LogP contribution in [0.15, 0.2) is 39.6 Å². The molecule has 1 heterocycles. The lowest BCUT2D eigenvalue weighted by atomic mass is 10.1. The van der Waals surface area contributed by atoms with Crippen molar-refractivity contribution < 1.29 is 12.8 Å². The molecule has 3 N–H and O–H groups in total. The minimum Gasteiger partial charge on any atom is -0.464 e. The molecule has 6 heteroatoms. The van der Waals surface area contributed by atoms with Gasteiger partial charge in [-0.15, -0.1) is 0 Å². The molecule has 114 valence electrons. The molecule has 21 heavy (non-hydrogen) atoms. The zero-order valence-electron chi connectivity index (χ0n) is 12.2. The third kappa shape index (κ3) is 3.72. The number of furan rings is 1. The predicted octanol–water partition coefficient (Wildman–Crippen LogP) is 2.09. The largest absolute Gasteiger partial charge is 0.464 e. The van der Waals surface area contributed by atoms with Gasteiger partial charge in [0.25, 0.3) is 0 Å². The van der Waals surface area contributed by atoms with E-state index in [-0.39, 0.29) is 18.0 Å². The van der Waals surface area contributed by atoms with E-state index in [0.717, 1.165) is 12.0 Å². The Balaban J connectivity index is 2.11. The first kappa shape index (κ1) is 15.8. The Morgan fingerprint density at radius 1 is 1.19 bits per heavy atom. The predicted molar refractivity (Wildman–Crippen MR) is 81.2 cm³/mol. The van der Waals surface area contributed by atoms with Crippen molar-refractivity contribution in [3.8, 4) is 0 Å². The number of hydrogen-bond acceptors (Lipinski definition) is 4. The molecular formula is C15H20N2O3S. The number of benzene rings is 1. The van der Waals surface area contributed by atoms with E-state index in [0.29, 0.717) is 11.5 Å². The fraction of sp³-hybridized carbons (Fsp3) is 0.333. The van der Waals surface area contributed by atoms with E-state index in [1.807, 2.05) is 24.3 Å². The van der Waals surface area contributed by atoms with E-state index in [1.54, 1.807) is 6.92 Å². The maximum atomic E-state index is 12.3. The molecule has 2 aromatic rings. The molecule has 0 amide bonds. The standard InChI is InChI=1S/C15H20N2O3S/c1-3-12-4-6-13(7-5-12)10-17-21(18,19)15-8-14(9-16)20-11(15)2/h4-8,17H,3,9-10,16H2,1-2H3. The lowest BCUT2D eigenvalue weighted by molar-refractivity contribution is 0.478. The number of rotatable bonds is 6. The van der Waals surface area contributed by atoms with Crippen molar-refractivity contribution in [1.29, 1.82) is 0 Å². The molecule has 0 bridgehead atoms. The molecule has 1 aromatic heterocycles. The first-order chi connectivity index (χ1) is 9.96. The van der Waals surface area contributed by atoms with Crippen LogP contribution in [0.25, 0.3) is 0 Å². The van der Waals surface area contributed by atoms with Crippen molar-refractivity contribution in [2.75, 3.05) is 0 Å². The highest BCUT2D eigenvalue weighted by molar-refractivity contribution is 7.89. The molecule has 2 rings (SSSR count). The Bertz CT molecular complexity index is 703. The number of aryl methyl sites for hydroxylation is 2. The smallest absolute Gasteiger partial charge is 0.244 e. The fourth-order valence-electron chi connectivity index (χ4n) is 2.04. The summed E-state index contributed by atoms with van der Waals surface area (Å²) in [6, 6.07) is 9.32. The van der Waals surface area contributed by atoms with E-state index in [2.05, 4.69) is 11.6 Å². The third-order valence-corrected chi connectivity index (χ3v) is 4.82. The highest BCUT2D eigenvalue weighted by Crippen LogP contribution is 2.19. The van der Waals surface area contributed by atoms with Crippen LogP contribution in [0.2, 0.25) is 0 Å². The molecule has 0 aliphatic rings. The van der Waals surface area contributed by atoms with Gasteiger partial charge in [-0.2, -0.15) is 0 Å². The van der Waals surface area contributed by atoms with Crippen molar-refractivity contribution in [3.05, 3.63) is 53.0 Å². The maximum absolute atomic E-state index is 12.3. The molecule has 0 aliphatic carbocycles. The summed E-state index contributed by atoms with van der Waals surface area (Å²) < 4.78 is 32.4. The lowest BCUT2D eigenvalue weighted by Gasteiger charge is -2.06. The highest BCUT2D eigenvalue weighted by atomic mass is 32.2. The lowest BCUT2D eigenvalue weighted by Crippen LogP contribution is -2.23. The molecule has 0 spiro atoms. The average Bonchev–Trinajstić information content (AvgIpc) is 2.88. The van der Waals surface area contributed by atoms with E-state index >= 15 is 0 Å². The Morgan fingerprint density at radius 3 is 2.33 bits per heavy atom. The van der Waals surface area contributed by atoms with Crippen molar-refractivity contribution >= 4 is 10.0 Å². The quantitative estimate of drug-likeness (QED) is 0.855. The van der Waals surface area contributed by atoms with Crippen molar-refractivity contribution in [2.24, 2.45) is 5.73 Å². The maximum Gasteiger partial charge on any atom is 0.244 e. The van der Waals surface area contributed by atoms with Gasteiger partial charge in [0.05, 0.1) is 6.54 Å². The Labute approximate surface area is 125 Å². The summed E-state index contributed by atoms with van der Waals surface area (Å²) in [5.74, 6) is 0.810. The second-order valence-corrected chi connectivity index (χ2v) is 6.57. The highest BCUT2D eigenvalue weighted by Gasteiger charge is 2.20. The van der Waals surface area contributed by atoms with Gasteiger partial charge in [-0.1, -0.05) is 31.2 Å². The van der Waals surface area contributed by atoms with E-state index in [4.69, 9.17) is 10.2 Å². The minimum absolute atomic E-state index is 0.146. The van der Waals surface area contributed by atoms with Gasteiger partial charge in [-0.25, -0.2) is 13.1 Å². The fourth-order valence-corrected chi connectivity index (χ4v) is 3.26. The van der Waals surface area contributed by atoms with Gasteiger partial charge < -0.3 is 10.2 Å². The number of nitrogens with two attached hydrogens (primary N) is 1. The van der Waals surface area contributed by atoms with Gasteiger partial charge in [0, 0.05) is 12.6 Å². The number of hydrogen-bond donors (Lipinski definition) is 2. The summed E-state index contributed by atoms with van der Waals surface area (Å²) in [6.45, 7) is 4.11. The molecule has 0 saturated heterocycles. The van der Waals surface area contributed by atoms with Crippen molar-refractivity contribution in [2.45, 2.75) is 38.3 Å². The van der Waals surface area contributed by atoms with Crippen LogP contribution in [0.1, 0.15) is 29.6 Å². The van der Waals surface area contributed by atoms with Crippen LogP contribution in [-0.2, 0) is 29.5 Å². The SMILES string of the molecule is CCc1ccc(CNS(=O)(=O)c2cc(CN)oc2C)cc1. The van der Waals surface area contributed by atoms with Crippen molar-refractivity contribution in [3.63, 3.8) is 0 Å². The second-order valence-electron chi connectivity index (χ2n) is 4.83. The van der Waals surface area contributed by atoms with Crippen LogP contribution in [-0.4, -0.2) is 8.42 Å². The topological polar surface area (TPSA) is 85.3 Å². The number of sulfonamides is 1. The zero-order valence-corrected chi connectivity index (χ0v) is 13.0. The van der Waals surface area contributed by atoms with Gasteiger partial charge in [-0.05, 0) is 24.5 Å². The molecule has 5 nitrogen and oxygen atoms in total. The van der Waals surface area contributed by atoms with Gasteiger partial charge in [0.2, 0.25) is 10.0 Å². The number of nitrogens with one attached hydrogen (secondary N) is 1. The average molecular weight is 308 g/mol. The Hall–Kier alpha value is -1.63. The molecule has 0 radical (unpaired) electrons. The van der Waals surface area contributed by atoms with Crippen LogP contribution in [0.5, 0.6) is 0 Å². The van der Waals surface area contributed by atoms with Crippen LogP contribution in [0, 0.1) is 6.92 Å². The Kier molecular flexibility index (Phi) is 4.82.